The van der Waals surface area contributed by atoms with Crippen LogP contribution in [-0.4, -0.2) is 30.6 Å². The smallest absolute Gasteiger partial charge is 0.255 e. The van der Waals surface area contributed by atoms with Crippen LogP contribution in [0.5, 0.6) is 0 Å². The van der Waals surface area contributed by atoms with Crippen LogP contribution in [0.3, 0.4) is 0 Å². The number of amides is 1. The number of benzene rings is 1. The highest BCUT2D eigenvalue weighted by atomic mass is 16.1. The third-order valence-electron chi connectivity index (χ3n) is 3.53. The highest BCUT2D eigenvalue weighted by Crippen LogP contribution is 2.18. The number of hydrogen-bond acceptors (Lipinski definition) is 5. The standard InChI is InChI=1S/C17H12N6O/c24-17(13-4-5-14-12(9-13)3-1-6-19-14)22-15-10-18-11-20-16(15)23-8-2-7-21-23/h1-11H,(H,22,24). The molecule has 0 saturated heterocycles. The molecule has 0 fully saturated rings. The van der Waals surface area contributed by atoms with Gasteiger partial charge >= 0.3 is 0 Å². The van der Waals surface area contributed by atoms with E-state index in [2.05, 4.69) is 25.4 Å². The summed E-state index contributed by atoms with van der Waals surface area (Å²) in [6, 6.07) is 10.9. The Morgan fingerprint density at radius 2 is 2.04 bits per heavy atom. The SMILES string of the molecule is O=C(Nc1cncnc1-n1cccn1)c1ccc2ncccc2c1. The highest BCUT2D eigenvalue weighted by molar-refractivity contribution is 6.06. The third-order valence-corrected chi connectivity index (χ3v) is 3.53. The predicted molar refractivity (Wildman–Crippen MR) is 88.9 cm³/mol. The van der Waals surface area contributed by atoms with Crippen molar-refractivity contribution in [1.82, 2.24) is 24.7 Å². The summed E-state index contributed by atoms with van der Waals surface area (Å²) in [5, 5.41) is 7.87. The van der Waals surface area contributed by atoms with E-state index in [1.54, 1.807) is 47.7 Å². The Labute approximate surface area is 137 Å². The summed E-state index contributed by atoms with van der Waals surface area (Å²) in [5.41, 5.74) is 1.86. The van der Waals surface area contributed by atoms with E-state index in [1.807, 2.05) is 18.2 Å². The van der Waals surface area contributed by atoms with Gasteiger partial charge in [0, 0.05) is 29.5 Å². The van der Waals surface area contributed by atoms with Crippen molar-refractivity contribution in [2.75, 3.05) is 5.32 Å². The van der Waals surface area contributed by atoms with Crippen LogP contribution in [0.25, 0.3) is 16.7 Å². The molecule has 0 bridgehead atoms. The Hall–Kier alpha value is -3.61. The van der Waals surface area contributed by atoms with Crippen molar-refractivity contribution >= 4 is 22.5 Å². The molecule has 1 aromatic carbocycles. The summed E-state index contributed by atoms with van der Waals surface area (Å²) in [5.74, 6) is 0.259. The lowest BCUT2D eigenvalue weighted by molar-refractivity contribution is 0.102. The van der Waals surface area contributed by atoms with Crippen molar-refractivity contribution in [2.45, 2.75) is 0 Å². The molecule has 0 aliphatic heterocycles. The third kappa shape index (κ3) is 2.58. The summed E-state index contributed by atoms with van der Waals surface area (Å²) in [7, 11) is 0. The van der Waals surface area contributed by atoms with E-state index in [9.17, 15) is 4.79 Å². The minimum absolute atomic E-state index is 0.246. The van der Waals surface area contributed by atoms with E-state index in [0.29, 0.717) is 17.1 Å². The van der Waals surface area contributed by atoms with Crippen molar-refractivity contribution < 1.29 is 4.79 Å². The first-order chi connectivity index (χ1) is 11.8. The lowest BCUT2D eigenvalue weighted by Gasteiger charge is -2.09. The zero-order chi connectivity index (χ0) is 16.4. The number of hydrogen-bond donors (Lipinski definition) is 1. The zero-order valence-corrected chi connectivity index (χ0v) is 12.5. The largest absolute Gasteiger partial charge is 0.317 e. The van der Waals surface area contributed by atoms with Crippen LogP contribution in [0, 0.1) is 0 Å². The molecule has 1 amide bonds. The van der Waals surface area contributed by atoms with Gasteiger partial charge in [0.25, 0.3) is 5.91 Å². The number of rotatable bonds is 3. The summed E-state index contributed by atoms with van der Waals surface area (Å²) in [4.78, 5) is 25.0. The van der Waals surface area contributed by atoms with Crippen molar-refractivity contribution in [3.8, 4) is 5.82 Å². The molecule has 0 unspecified atom stereocenters. The van der Waals surface area contributed by atoms with Gasteiger partial charge in [-0.1, -0.05) is 6.07 Å². The van der Waals surface area contributed by atoms with E-state index >= 15 is 0 Å². The van der Waals surface area contributed by atoms with Crippen LogP contribution < -0.4 is 5.32 Å². The van der Waals surface area contributed by atoms with Crippen LogP contribution >= 0.6 is 0 Å². The van der Waals surface area contributed by atoms with Crippen LogP contribution in [0.1, 0.15) is 10.4 Å². The monoisotopic (exact) mass is 316 g/mol. The second-order valence-electron chi connectivity index (χ2n) is 5.08. The molecule has 3 heterocycles. The number of pyridine rings is 1. The van der Waals surface area contributed by atoms with Gasteiger partial charge in [0.1, 0.15) is 12.0 Å². The summed E-state index contributed by atoms with van der Waals surface area (Å²) < 4.78 is 1.57. The molecule has 3 aromatic heterocycles. The molecule has 0 atom stereocenters. The van der Waals surface area contributed by atoms with E-state index in [0.717, 1.165) is 10.9 Å². The summed E-state index contributed by atoms with van der Waals surface area (Å²) in [6.45, 7) is 0. The first kappa shape index (κ1) is 14.0. The first-order valence-corrected chi connectivity index (χ1v) is 7.27. The Morgan fingerprint density at radius 3 is 2.92 bits per heavy atom. The molecular formula is C17H12N6O. The summed E-state index contributed by atoms with van der Waals surface area (Å²) >= 11 is 0. The Bertz CT molecular complexity index is 1010. The van der Waals surface area contributed by atoms with Crippen LogP contribution in [0.2, 0.25) is 0 Å². The molecule has 0 aliphatic rings. The molecule has 0 spiro atoms. The van der Waals surface area contributed by atoms with Crippen LogP contribution in [0.15, 0.2) is 67.5 Å². The number of carbonyl (C=O) groups is 1. The van der Waals surface area contributed by atoms with Crippen molar-refractivity contribution in [1.29, 1.82) is 0 Å². The molecule has 0 radical (unpaired) electrons. The molecule has 24 heavy (non-hydrogen) atoms. The molecule has 116 valence electrons. The van der Waals surface area contributed by atoms with E-state index < -0.39 is 0 Å². The van der Waals surface area contributed by atoms with Gasteiger partial charge in [-0.15, -0.1) is 0 Å². The van der Waals surface area contributed by atoms with E-state index in [1.165, 1.54) is 6.33 Å². The minimum Gasteiger partial charge on any atom is -0.317 e. The highest BCUT2D eigenvalue weighted by Gasteiger charge is 2.12. The molecule has 7 nitrogen and oxygen atoms in total. The topological polar surface area (TPSA) is 85.6 Å². The predicted octanol–water partition coefficient (Wildman–Crippen LogP) is 2.46. The van der Waals surface area contributed by atoms with Gasteiger partial charge in [0.05, 0.1) is 11.7 Å². The Morgan fingerprint density at radius 1 is 1.08 bits per heavy atom. The van der Waals surface area contributed by atoms with Gasteiger partial charge in [0.2, 0.25) is 0 Å². The quantitative estimate of drug-likeness (QED) is 0.627. The average Bonchev–Trinajstić information content (AvgIpc) is 3.16. The van der Waals surface area contributed by atoms with Crippen LogP contribution in [-0.2, 0) is 0 Å². The Kier molecular flexibility index (Phi) is 3.43. The van der Waals surface area contributed by atoms with Crippen molar-refractivity contribution in [3.05, 3.63) is 73.1 Å². The zero-order valence-electron chi connectivity index (χ0n) is 12.5. The second-order valence-corrected chi connectivity index (χ2v) is 5.08. The van der Waals surface area contributed by atoms with Gasteiger partial charge in [-0.2, -0.15) is 5.10 Å². The van der Waals surface area contributed by atoms with Gasteiger partial charge in [0.15, 0.2) is 5.82 Å². The second kappa shape index (κ2) is 5.88. The van der Waals surface area contributed by atoms with Gasteiger partial charge in [-0.05, 0) is 30.3 Å². The van der Waals surface area contributed by atoms with Gasteiger partial charge < -0.3 is 5.32 Å². The average molecular weight is 316 g/mol. The van der Waals surface area contributed by atoms with Crippen LogP contribution in [0.4, 0.5) is 5.69 Å². The number of fused-ring (bicyclic) bond motifs is 1. The maximum Gasteiger partial charge on any atom is 0.255 e. The van der Waals surface area contributed by atoms with Gasteiger partial charge in [-0.25, -0.2) is 14.6 Å². The number of carbonyl (C=O) groups excluding carboxylic acids is 1. The first-order valence-electron chi connectivity index (χ1n) is 7.27. The lowest BCUT2D eigenvalue weighted by atomic mass is 10.1. The Balaban J connectivity index is 1.66. The molecule has 7 heteroatoms. The molecular weight excluding hydrogens is 304 g/mol. The maximum absolute atomic E-state index is 12.6. The minimum atomic E-state index is -0.246. The fourth-order valence-electron chi connectivity index (χ4n) is 2.40. The number of aromatic nitrogens is 5. The van der Waals surface area contributed by atoms with E-state index in [4.69, 9.17) is 0 Å². The molecule has 1 N–H and O–H groups in total. The number of anilines is 1. The number of nitrogens with one attached hydrogen (secondary N) is 1. The fourth-order valence-corrected chi connectivity index (χ4v) is 2.40. The van der Waals surface area contributed by atoms with Gasteiger partial charge in [-0.3, -0.25) is 9.78 Å². The molecule has 4 aromatic rings. The fraction of sp³-hybridized carbons (Fsp3) is 0. The van der Waals surface area contributed by atoms with E-state index in [-0.39, 0.29) is 5.91 Å². The lowest BCUT2D eigenvalue weighted by Crippen LogP contribution is -2.15. The van der Waals surface area contributed by atoms with Crippen molar-refractivity contribution in [3.63, 3.8) is 0 Å². The summed E-state index contributed by atoms with van der Waals surface area (Å²) in [6.07, 6.45) is 8.07. The normalized spacial score (nSPS) is 10.7. The molecule has 0 aliphatic carbocycles. The number of nitrogens with zero attached hydrogens (tertiary/aromatic N) is 5. The van der Waals surface area contributed by atoms with Crippen molar-refractivity contribution in [2.24, 2.45) is 0 Å². The maximum atomic E-state index is 12.6. The molecule has 4 rings (SSSR count). The molecule has 0 saturated carbocycles.